The number of ether oxygens (including phenoxy) is 1. The number of nitrogens with one attached hydrogen (secondary N) is 1. The molecule has 2 heterocycles. The largest absolute Gasteiger partial charge is 0.484 e. The number of aliphatic hydroxyl groups is 1. The van der Waals surface area contributed by atoms with Crippen molar-refractivity contribution in [3.63, 3.8) is 0 Å². The van der Waals surface area contributed by atoms with Crippen LogP contribution in [-0.2, 0) is 4.79 Å². The standard InChI is InChI=1S/C22H24BrN5O3/c23-17-1-4-19(5-2-17)31-15-21(30)25-18-3-6-20-16(13-18)14-24-22(26-20)28-9-7-27(8-10-28)11-12-29/h1-6,13-14,29H,7-12,15H2,(H,25,30). The predicted molar refractivity (Wildman–Crippen MR) is 124 cm³/mol. The number of aliphatic hydroxyl groups excluding tert-OH is 1. The summed E-state index contributed by atoms with van der Waals surface area (Å²) in [5, 5.41) is 12.8. The zero-order valence-electron chi connectivity index (χ0n) is 17.0. The fraction of sp³-hybridized carbons (Fsp3) is 0.318. The Kier molecular flexibility index (Phi) is 6.96. The summed E-state index contributed by atoms with van der Waals surface area (Å²) >= 11 is 3.37. The van der Waals surface area contributed by atoms with Gasteiger partial charge in [0.1, 0.15) is 5.75 Å². The normalized spacial score (nSPS) is 14.6. The molecule has 3 aromatic rings. The Morgan fingerprint density at radius 2 is 1.90 bits per heavy atom. The van der Waals surface area contributed by atoms with Crippen LogP contribution in [0.25, 0.3) is 10.9 Å². The fourth-order valence-corrected chi connectivity index (χ4v) is 3.71. The first-order chi connectivity index (χ1) is 15.1. The molecule has 0 spiro atoms. The summed E-state index contributed by atoms with van der Waals surface area (Å²) < 4.78 is 6.46. The number of amides is 1. The molecule has 0 saturated carbocycles. The maximum absolute atomic E-state index is 12.2. The van der Waals surface area contributed by atoms with Crippen molar-refractivity contribution in [2.45, 2.75) is 0 Å². The van der Waals surface area contributed by atoms with E-state index in [2.05, 4.69) is 41.0 Å². The van der Waals surface area contributed by atoms with Crippen molar-refractivity contribution in [2.24, 2.45) is 0 Å². The Bertz CT molecular complexity index is 1040. The van der Waals surface area contributed by atoms with E-state index >= 15 is 0 Å². The van der Waals surface area contributed by atoms with Gasteiger partial charge in [-0.2, -0.15) is 0 Å². The monoisotopic (exact) mass is 485 g/mol. The molecule has 31 heavy (non-hydrogen) atoms. The number of halogens is 1. The zero-order valence-corrected chi connectivity index (χ0v) is 18.6. The molecule has 2 N–H and O–H groups in total. The summed E-state index contributed by atoms with van der Waals surface area (Å²) in [4.78, 5) is 25.8. The van der Waals surface area contributed by atoms with Gasteiger partial charge >= 0.3 is 0 Å². The van der Waals surface area contributed by atoms with Crippen LogP contribution in [0.5, 0.6) is 5.75 Å². The van der Waals surface area contributed by atoms with Crippen LogP contribution < -0.4 is 15.0 Å². The van der Waals surface area contributed by atoms with E-state index in [4.69, 9.17) is 9.84 Å². The van der Waals surface area contributed by atoms with E-state index in [1.807, 2.05) is 30.3 Å². The van der Waals surface area contributed by atoms with E-state index in [0.29, 0.717) is 23.9 Å². The highest BCUT2D eigenvalue weighted by Crippen LogP contribution is 2.21. The lowest BCUT2D eigenvalue weighted by Gasteiger charge is -2.34. The van der Waals surface area contributed by atoms with Crippen molar-refractivity contribution in [1.29, 1.82) is 0 Å². The molecular weight excluding hydrogens is 462 g/mol. The van der Waals surface area contributed by atoms with Crippen molar-refractivity contribution < 1.29 is 14.6 Å². The number of aromatic nitrogens is 2. The van der Waals surface area contributed by atoms with Gasteiger partial charge in [0.05, 0.1) is 12.1 Å². The number of benzene rings is 2. The van der Waals surface area contributed by atoms with Gasteiger partial charge in [-0.05, 0) is 42.5 Å². The molecular formula is C22H24BrN5O3. The molecule has 1 fully saturated rings. The third kappa shape index (κ3) is 5.69. The number of carbonyl (C=O) groups excluding carboxylic acids is 1. The maximum Gasteiger partial charge on any atom is 0.262 e. The summed E-state index contributed by atoms with van der Waals surface area (Å²) in [6.07, 6.45) is 1.78. The Morgan fingerprint density at radius 1 is 1.13 bits per heavy atom. The molecule has 9 heteroatoms. The summed E-state index contributed by atoms with van der Waals surface area (Å²) in [6, 6.07) is 12.9. The minimum atomic E-state index is -0.236. The molecule has 1 saturated heterocycles. The van der Waals surface area contributed by atoms with Crippen LogP contribution in [0.2, 0.25) is 0 Å². The number of carbonyl (C=O) groups is 1. The van der Waals surface area contributed by atoms with Crippen molar-refractivity contribution in [2.75, 3.05) is 56.2 Å². The van der Waals surface area contributed by atoms with Gasteiger partial charge in [0.2, 0.25) is 5.95 Å². The van der Waals surface area contributed by atoms with Crippen molar-refractivity contribution in [3.05, 3.63) is 53.1 Å². The molecule has 1 aromatic heterocycles. The topological polar surface area (TPSA) is 90.8 Å². The van der Waals surface area contributed by atoms with Crippen molar-refractivity contribution in [1.82, 2.24) is 14.9 Å². The molecule has 4 rings (SSSR count). The quantitative estimate of drug-likeness (QED) is 0.531. The predicted octanol–water partition coefficient (Wildman–Crippen LogP) is 2.52. The van der Waals surface area contributed by atoms with Crippen LogP contribution in [0.3, 0.4) is 0 Å². The smallest absolute Gasteiger partial charge is 0.262 e. The molecule has 0 unspecified atom stereocenters. The Labute approximate surface area is 189 Å². The zero-order chi connectivity index (χ0) is 21.6. The Morgan fingerprint density at radius 3 is 2.65 bits per heavy atom. The number of rotatable bonds is 7. The van der Waals surface area contributed by atoms with Gasteiger partial charge in [-0.3, -0.25) is 9.69 Å². The second-order valence-corrected chi connectivity index (χ2v) is 8.20. The van der Waals surface area contributed by atoms with Gasteiger partial charge in [0, 0.05) is 54.5 Å². The second-order valence-electron chi connectivity index (χ2n) is 7.29. The molecule has 1 aliphatic rings. The molecule has 0 radical (unpaired) electrons. The average Bonchev–Trinajstić information content (AvgIpc) is 2.79. The Hall–Kier alpha value is -2.75. The van der Waals surface area contributed by atoms with Gasteiger partial charge in [0.15, 0.2) is 6.61 Å². The SMILES string of the molecule is O=C(COc1ccc(Br)cc1)Nc1ccc2nc(N3CCN(CCO)CC3)ncc2c1. The lowest BCUT2D eigenvalue weighted by molar-refractivity contribution is -0.118. The van der Waals surface area contributed by atoms with Crippen LogP contribution in [0.1, 0.15) is 0 Å². The summed E-state index contributed by atoms with van der Waals surface area (Å²) in [7, 11) is 0. The molecule has 0 atom stereocenters. The second kappa shape index (κ2) is 10.0. The summed E-state index contributed by atoms with van der Waals surface area (Å²) in [6.45, 7) is 4.24. The van der Waals surface area contributed by atoms with Crippen LogP contribution in [0, 0.1) is 0 Å². The first-order valence-corrected chi connectivity index (χ1v) is 10.9. The summed E-state index contributed by atoms with van der Waals surface area (Å²) in [5.41, 5.74) is 1.50. The first-order valence-electron chi connectivity index (χ1n) is 10.1. The van der Waals surface area contributed by atoms with Crippen molar-refractivity contribution in [3.8, 4) is 5.75 Å². The van der Waals surface area contributed by atoms with E-state index in [9.17, 15) is 4.79 Å². The van der Waals surface area contributed by atoms with Gasteiger partial charge in [-0.1, -0.05) is 15.9 Å². The van der Waals surface area contributed by atoms with Crippen molar-refractivity contribution >= 4 is 44.4 Å². The maximum atomic E-state index is 12.2. The number of hydrogen-bond acceptors (Lipinski definition) is 7. The molecule has 0 aliphatic carbocycles. The van der Waals surface area contributed by atoms with E-state index in [1.165, 1.54) is 0 Å². The number of piperazine rings is 1. The van der Waals surface area contributed by atoms with Crippen LogP contribution in [0.15, 0.2) is 53.1 Å². The number of fused-ring (bicyclic) bond motifs is 1. The highest BCUT2D eigenvalue weighted by Gasteiger charge is 2.18. The molecule has 2 aromatic carbocycles. The highest BCUT2D eigenvalue weighted by molar-refractivity contribution is 9.10. The van der Waals surface area contributed by atoms with Crippen LogP contribution >= 0.6 is 15.9 Å². The van der Waals surface area contributed by atoms with Crippen LogP contribution in [0.4, 0.5) is 11.6 Å². The molecule has 162 valence electrons. The minimum absolute atomic E-state index is 0.0721. The number of β-amino-alcohol motifs (C(OH)–C–C–N with tert-alkyl or cyclic N) is 1. The van der Waals surface area contributed by atoms with E-state index in [0.717, 1.165) is 41.6 Å². The summed E-state index contributed by atoms with van der Waals surface area (Å²) in [5.74, 6) is 1.10. The lowest BCUT2D eigenvalue weighted by atomic mass is 10.2. The van der Waals surface area contributed by atoms with E-state index in [-0.39, 0.29) is 19.1 Å². The van der Waals surface area contributed by atoms with Gasteiger partial charge in [0.25, 0.3) is 5.91 Å². The average molecular weight is 486 g/mol. The Balaban J connectivity index is 1.35. The van der Waals surface area contributed by atoms with Gasteiger partial charge in [-0.25, -0.2) is 9.97 Å². The number of anilines is 2. The molecule has 0 bridgehead atoms. The van der Waals surface area contributed by atoms with Gasteiger partial charge < -0.3 is 20.1 Å². The minimum Gasteiger partial charge on any atom is -0.484 e. The molecule has 1 amide bonds. The fourth-order valence-electron chi connectivity index (χ4n) is 3.44. The third-order valence-corrected chi connectivity index (χ3v) is 5.63. The van der Waals surface area contributed by atoms with Gasteiger partial charge in [-0.15, -0.1) is 0 Å². The number of hydrogen-bond donors (Lipinski definition) is 2. The van der Waals surface area contributed by atoms with E-state index in [1.54, 1.807) is 18.3 Å². The first kappa shape index (κ1) is 21.5. The third-order valence-electron chi connectivity index (χ3n) is 5.11. The van der Waals surface area contributed by atoms with E-state index < -0.39 is 0 Å². The molecule has 8 nitrogen and oxygen atoms in total. The number of nitrogens with zero attached hydrogens (tertiary/aromatic N) is 4. The molecule has 1 aliphatic heterocycles. The highest BCUT2D eigenvalue weighted by atomic mass is 79.9. The lowest BCUT2D eigenvalue weighted by Crippen LogP contribution is -2.47. The van der Waals surface area contributed by atoms with Crippen LogP contribution in [-0.4, -0.2) is 71.8 Å².